The lowest BCUT2D eigenvalue weighted by Gasteiger charge is -2.36. The molecular formula is C23H22ClNO7S. The van der Waals surface area contributed by atoms with Gasteiger partial charge in [-0.05, 0) is 45.9 Å². The molecule has 0 saturated carbocycles. The molecule has 1 aromatic rings. The minimum absolute atomic E-state index is 0.0304. The zero-order chi connectivity index (χ0) is 24.4. The van der Waals surface area contributed by atoms with Crippen molar-refractivity contribution in [3.8, 4) is 5.75 Å². The van der Waals surface area contributed by atoms with Gasteiger partial charge in [0.15, 0.2) is 18.1 Å². The minimum atomic E-state index is -1.35. The largest absolute Gasteiger partial charge is 0.507 e. The van der Waals surface area contributed by atoms with Crippen LogP contribution in [0.2, 0.25) is 5.02 Å². The number of carbonyl (C=O) groups is 4. The standard InChI is InChI=1S/C23H22ClNO7S/c1-5-31-22(29)18-17(20(28)14-9-13(24)7-8-16(14)27)15(10-26)21-25(11(3)12(4)33-21)19(18)23(30)32-6-2/h7-10,19,27H,5-6H2,1-4H3. The van der Waals surface area contributed by atoms with E-state index in [-0.39, 0.29) is 40.5 Å². The second kappa shape index (κ2) is 9.84. The van der Waals surface area contributed by atoms with Crippen LogP contribution < -0.4 is 0 Å². The summed E-state index contributed by atoms with van der Waals surface area (Å²) in [7, 11) is 0. The van der Waals surface area contributed by atoms with Crippen molar-refractivity contribution in [1.29, 1.82) is 0 Å². The molecule has 2 aliphatic rings. The number of hydrogen-bond donors (Lipinski definition) is 1. The number of aromatic hydroxyl groups is 1. The van der Waals surface area contributed by atoms with Crippen molar-refractivity contribution in [2.24, 2.45) is 0 Å². The maximum Gasteiger partial charge on any atom is 0.337 e. The van der Waals surface area contributed by atoms with Crippen molar-refractivity contribution in [3.63, 3.8) is 0 Å². The van der Waals surface area contributed by atoms with Gasteiger partial charge in [-0.25, -0.2) is 9.59 Å². The van der Waals surface area contributed by atoms with E-state index in [1.807, 2.05) is 0 Å². The van der Waals surface area contributed by atoms with E-state index in [4.69, 9.17) is 21.1 Å². The van der Waals surface area contributed by atoms with Crippen molar-refractivity contribution < 1.29 is 33.8 Å². The molecule has 1 aromatic carbocycles. The van der Waals surface area contributed by atoms with Gasteiger partial charge in [0.25, 0.3) is 0 Å². The molecule has 1 atom stereocenters. The molecule has 2 aliphatic heterocycles. The van der Waals surface area contributed by atoms with Gasteiger partial charge in [-0.15, -0.1) is 0 Å². The van der Waals surface area contributed by atoms with Gasteiger partial charge in [0, 0.05) is 21.2 Å². The monoisotopic (exact) mass is 491 g/mol. The van der Waals surface area contributed by atoms with Crippen LogP contribution in [-0.4, -0.2) is 53.3 Å². The topological polar surface area (TPSA) is 110 Å². The lowest BCUT2D eigenvalue weighted by molar-refractivity contribution is -0.150. The normalized spacial score (nSPS) is 17.8. The Labute approximate surface area is 199 Å². The molecule has 3 rings (SSSR count). The lowest BCUT2D eigenvalue weighted by Crippen LogP contribution is -2.47. The number of Topliss-reactive ketones (excluding diaryl/α,β-unsaturated/α-hetero) is 1. The first-order valence-electron chi connectivity index (χ1n) is 10.1. The summed E-state index contributed by atoms with van der Waals surface area (Å²) in [5, 5.41) is 10.8. The fraction of sp³-hybridized carbons (Fsp3) is 0.304. The molecule has 8 nitrogen and oxygen atoms in total. The SMILES string of the molecule is CCOC(=O)C1=C(C(=O)c2cc(Cl)ccc2O)C(C=O)=C2SC(C)=C(C)N2C1C(=O)OCC. The molecule has 0 aliphatic carbocycles. The number of esters is 2. The molecule has 33 heavy (non-hydrogen) atoms. The van der Waals surface area contributed by atoms with Crippen LogP contribution >= 0.6 is 23.4 Å². The maximum absolute atomic E-state index is 13.7. The predicted molar refractivity (Wildman–Crippen MR) is 122 cm³/mol. The van der Waals surface area contributed by atoms with Crippen molar-refractivity contribution in [3.05, 3.63) is 61.1 Å². The molecular weight excluding hydrogens is 470 g/mol. The molecule has 174 valence electrons. The van der Waals surface area contributed by atoms with Crippen LogP contribution in [0.15, 0.2) is 50.5 Å². The average Bonchev–Trinajstić information content (AvgIpc) is 3.07. The Morgan fingerprint density at radius 1 is 1.18 bits per heavy atom. The number of ketones is 1. The van der Waals surface area contributed by atoms with E-state index in [0.29, 0.717) is 17.0 Å². The highest BCUT2D eigenvalue weighted by atomic mass is 35.5. The summed E-state index contributed by atoms with van der Waals surface area (Å²) in [6.07, 6.45) is 0.455. The zero-order valence-corrected chi connectivity index (χ0v) is 20.0. The van der Waals surface area contributed by atoms with E-state index < -0.39 is 29.5 Å². The van der Waals surface area contributed by atoms with Crippen molar-refractivity contribution in [1.82, 2.24) is 4.90 Å². The fourth-order valence-electron chi connectivity index (χ4n) is 3.65. The number of carbonyl (C=O) groups excluding carboxylic acids is 4. The number of aldehydes is 1. The highest BCUT2D eigenvalue weighted by Crippen LogP contribution is 2.49. The number of benzene rings is 1. The van der Waals surface area contributed by atoms with Gasteiger partial charge >= 0.3 is 11.9 Å². The van der Waals surface area contributed by atoms with Crippen molar-refractivity contribution in [2.75, 3.05) is 13.2 Å². The van der Waals surface area contributed by atoms with Crippen molar-refractivity contribution >= 4 is 47.4 Å². The highest BCUT2D eigenvalue weighted by molar-refractivity contribution is 8.07. The fourth-order valence-corrected chi connectivity index (χ4v) is 4.96. The third-order valence-electron chi connectivity index (χ3n) is 5.19. The molecule has 0 aromatic heterocycles. The van der Waals surface area contributed by atoms with Crippen LogP contribution in [0.25, 0.3) is 0 Å². The molecule has 0 fully saturated rings. The molecule has 0 radical (unpaired) electrons. The molecule has 0 spiro atoms. The first kappa shape index (κ1) is 24.6. The third-order valence-corrected chi connectivity index (χ3v) is 6.64. The van der Waals surface area contributed by atoms with E-state index in [9.17, 15) is 24.3 Å². The number of hydrogen-bond acceptors (Lipinski definition) is 9. The van der Waals surface area contributed by atoms with Gasteiger partial charge in [-0.3, -0.25) is 9.59 Å². The number of nitrogens with zero attached hydrogens (tertiary/aromatic N) is 1. The Morgan fingerprint density at radius 2 is 1.85 bits per heavy atom. The Morgan fingerprint density at radius 3 is 2.45 bits per heavy atom. The van der Waals surface area contributed by atoms with E-state index in [1.165, 1.54) is 34.9 Å². The zero-order valence-electron chi connectivity index (χ0n) is 18.4. The first-order chi connectivity index (χ1) is 15.7. The number of rotatable bonds is 7. The number of ether oxygens (including phenoxy) is 2. The second-order valence-electron chi connectivity index (χ2n) is 7.10. The predicted octanol–water partition coefficient (Wildman–Crippen LogP) is 3.74. The van der Waals surface area contributed by atoms with E-state index in [1.54, 1.807) is 27.7 Å². The molecule has 0 bridgehead atoms. The van der Waals surface area contributed by atoms with Gasteiger partial charge < -0.3 is 19.5 Å². The molecule has 1 unspecified atom stereocenters. The molecule has 0 saturated heterocycles. The molecule has 10 heteroatoms. The highest BCUT2D eigenvalue weighted by Gasteiger charge is 2.48. The van der Waals surface area contributed by atoms with Gasteiger partial charge in [-0.1, -0.05) is 23.4 Å². The van der Waals surface area contributed by atoms with E-state index in [0.717, 1.165) is 4.91 Å². The second-order valence-corrected chi connectivity index (χ2v) is 8.74. The third kappa shape index (κ3) is 4.30. The van der Waals surface area contributed by atoms with Crippen LogP contribution in [0.1, 0.15) is 38.1 Å². The minimum Gasteiger partial charge on any atom is -0.507 e. The summed E-state index contributed by atoms with van der Waals surface area (Å²) < 4.78 is 10.4. The van der Waals surface area contributed by atoms with E-state index >= 15 is 0 Å². The van der Waals surface area contributed by atoms with Gasteiger partial charge in [-0.2, -0.15) is 0 Å². The number of phenolic OH excluding ortho intramolecular Hbond substituents is 1. The number of halogens is 1. The van der Waals surface area contributed by atoms with Crippen LogP contribution in [0.5, 0.6) is 5.75 Å². The maximum atomic E-state index is 13.7. The summed E-state index contributed by atoms with van der Waals surface area (Å²) in [4.78, 5) is 54.5. The average molecular weight is 492 g/mol. The van der Waals surface area contributed by atoms with Crippen LogP contribution in [0, 0.1) is 0 Å². The number of thioether (sulfide) groups is 1. The number of allylic oxidation sites excluding steroid dienone is 4. The smallest absolute Gasteiger partial charge is 0.337 e. The summed E-state index contributed by atoms with van der Waals surface area (Å²) in [5.41, 5.74) is -0.351. The van der Waals surface area contributed by atoms with Crippen LogP contribution in [-0.2, 0) is 23.9 Å². The van der Waals surface area contributed by atoms with E-state index in [2.05, 4.69) is 0 Å². The first-order valence-corrected chi connectivity index (χ1v) is 11.3. The quantitative estimate of drug-likeness (QED) is 0.346. The van der Waals surface area contributed by atoms with Gasteiger partial charge in [0.05, 0.1) is 35.0 Å². The van der Waals surface area contributed by atoms with Gasteiger partial charge in [0.2, 0.25) is 0 Å². The Hall–Kier alpha value is -3.04. The Bertz CT molecular complexity index is 1150. The van der Waals surface area contributed by atoms with Crippen LogP contribution in [0.3, 0.4) is 0 Å². The Kier molecular flexibility index (Phi) is 7.34. The summed E-state index contributed by atoms with van der Waals surface area (Å²) >= 11 is 7.22. The Balaban J connectivity index is 2.39. The van der Waals surface area contributed by atoms with Gasteiger partial charge in [0.1, 0.15) is 5.75 Å². The number of phenols is 1. The van der Waals surface area contributed by atoms with Crippen molar-refractivity contribution in [2.45, 2.75) is 33.7 Å². The molecule has 2 heterocycles. The lowest BCUT2D eigenvalue weighted by atomic mass is 9.85. The molecule has 1 N–H and O–H groups in total. The van der Waals surface area contributed by atoms with Crippen LogP contribution in [0.4, 0.5) is 0 Å². The number of fused-ring (bicyclic) bond motifs is 1. The summed E-state index contributed by atoms with van der Waals surface area (Å²) in [6, 6.07) is 2.49. The summed E-state index contributed by atoms with van der Waals surface area (Å²) in [5.74, 6) is -2.96. The molecule has 0 amide bonds. The summed E-state index contributed by atoms with van der Waals surface area (Å²) in [6.45, 7) is 6.73.